The van der Waals surface area contributed by atoms with E-state index in [0.29, 0.717) is 0 Å². The minimum absolute atomic E-state index is 0.163. The van der Waals surface area contributed by atoms with Gasteiger partial charge in [0.1, 0.15) is 6.10 Å². The largest absolute Gasteiger partial charge is 0.479 e. The van der Waals surface area contributed by atoms with Crippen molar-refractivity contribution in [3.8, 4) is 0 Å². The Kier molecular flexibility index (Phi) is 7.34. The van der Waals surface area contributed by atoms with Crippen molar-refractivity contribution in [2.24, 2.45) is 0 Å². The van der Waals surface area contributed by atoms with Crippen LogP contribution in [0.1, 0.15) is 12.5 Å². The van der Waals surface area contributed by atoms with Crippen molar-refractivity contribution in [1.82, 2.24) is 0 Å². The molecule has 6 nitrogen and oxygen atoms in total. The van der Waals surface area contributed by atoms with E-state index >= 15 is 0 Å². The second-order valence-electron chi connectivity index (χ2n) is 3.56. The summed E-state index contributed by atoms with van der Waals surface area (Å²) in [5.74, 6) is -2.37. The van der Waals surface area contributed by atoms with Crippen molar-refractivity contribution < 1.29 is 30.0 Å². The van der Waals surface area contributed by atoms with Crippen LogP contribution in [0.4, 0.5) is 0 Å². The molecule has 0 aromatic heterocycles. The van der Waals surface area contributed by atoms with Gasteiger partial charge in [0.25, 0.3) is 0 Å². The second kappa shape index (κ2) is 8.21. The molecule has 2 unspecified atom stereocenters. The SMILES string of the molecule is CC(O)C(=O)O.O=C(O)C(O)Cc1ccccc1. The lowest BCUT2D eigenvalue weighted by atomic mass is 10.1. The molecule has 0 saturated carbocycles. The lowest BCUT2D eigenvalue weighted by Crippen LogP contribution is -2.21. The van der Waals surface area contributed by atoms with E-state index in [1.54, 1.807) is 12.1 Å². The fourth-order valence-corrected chi connectivity index (χ4v) is 0.925. The molecule has 2 atom stereocenters. The van der Waals surface area contributed by atoms with E-state index in [2.05, 4.69) is 0 Å². The monoisotopic (exact) mass is 256 g/mol. The van der Waals surface area contributed by atoms with Gasteiger partial charge in [-0.25, -0.2) is 9.59 Å². The summed E-state index contributed by atoms with van der Waals surface area (Å²) in [5.41, 5.74) is 0.826. The molecule has 1 aromatic carbocycles. The Morgan fingerprint density at radius 1 is 1.06 bits per heavy atom. The number of rotatable bonds is 4. The molecule has 0 saturated heterocycles. The summed E-state index contributed by atoms with van der Waals surface area (Å²) in [7, 11) is 0. The molecule has 1 rings (SSSR count). The lowest BCUT2D eigenvalue weighted by Gasteiger charge is -2.03. The number of hydrogen-bond donors (Lipinski definition) is 4. The Morgan fingerprint density at radius 3 is 1.83 bits per heavy atom. The first-order chi connectivity index (χ1) is 8.34. The average molecular weight is 256 g/mol. The Labute approximate surface area is 104 Å². The molecule has 0 aliphatic carbocycles. The Bertz CT molecular complexity index is 373. The van der Waals surface area contributed by atoms with Crippen LogP contribution in [-0.4, -0.2) is 44.6 Å². The molecule has 0 radical (unpaired) electrons. The first kappa shape index (κ1) is 16.1. The molecule has 0 amide bonds. The van der Waals surface area contributed by atoms with Crippen LogP contribution in [0.2, 0.25) is 0 Å². The van der Waals surface area contributed by atoms with Crippen molar-refractivity contribution in [3.63, 3.8) is 0 Å². The number of carbonyl (C=O) groups is 2. The van der Waals surface area contributed by atoms with Crippen LogP contribution in [0.5, 0.6) is 0 Å². The number of benzene rings is 1. The minimum atomic E-state index is -1.30. The van der Waals surface area contributed by atoms with Crippen LogP contribution in [0.25, 0.3) is 0 Å². The second-order valence-corrected chi connectivity index (χ2v) is 3.56. The highest BCUT2D eigenvalue weighted by atomic mass is 16.4. The van der Waals surface area contributed by atoms with E-state index < -0.39 is 24.1 Å². The van der Waals surface area contributed by atoms with E-state index in [1.165, 1.54) is 6.92 Å². The Hall–Kier alpha value is -1.92. The fourth-order valence-electron chi connectivity index (χ4n) is 0.925. The third-order valence-electron chi connectivity index (χ3n) is 1.91. The van der Waals surface area contributed by atoms with Crippen molar-refractivity contribution in [1.29, 1.82) is 0 Å². The van der Waals surface area contributed by atoms with Crippen molar-refractivity contribution >= 4 is 11.9 Å². The molecular weight excluding hydrogens is 240 g/mol. The third kappa shape index (κ3) is 7.37. The number of carboxylic acid groups (broad SMARTS) is 2. The maximum Gasteiger partial charge on any atom is 0.332 e. The number of aliphatic hydroxyl groups is 2. The lowest BCUT2D eigenvalue weighted by molar-refractivity contribution is -0.146. The van der Waals surface area contributed by atoms with Crippen LogP contribution in [0.3, 0.4) is 0 Å². The molecule has 0 spiro atoms. The van der Waals surface area contributed by atoms with Gasteiger partial charge in [-0.2, -0.15) is 0 Å². The molecule has 0 heterocycles. The van der Waals surface area contributed by atoms with E-state index in [-0.39, 0.29) is 6.42 Å². The molecule has 18 heavy (non-hydrogen) atoms. The molecule has 1 aromatic rings. The Morgan fingerprint density at radius 2 is 1.50 bits per heavy atom. The first-order valence-electron chi connectivity index (χ1n) is 5.20. The zero-order chi connectivity index (χ0) is 14.1. The maximum atomic E-state index is 10.3. The number of aliphatic hydroxyl groups excluding tert-OH is 2. The number of carboxylic acids is 2. The van der Waals surface area contributed by atoms with Gasteiger partial charge in [-0.15, -0.1) is 0 Å². The van der Waals surface area contributed by atoms with Gasteiger partial charge in [0.15, 0.2) is 6.10 Å². The van der Waals surface area contributed by atoms with Crippen LogP contribution >= 0.6 is 0 Å². The zero-order valence-corrected chi connectivity index (χ0v) is 9.85. The summed E-state index contributed by atoms with van der Waals surface area (Å²) >= 11 is 0. The van der Waals surface area contributed by atoms with Gasteiger partial charge in [0.2, 0.25) is 0 Å². The number of aliphatic carboxylic acids is 2. The van der Waals surface area contributed by atoms with Crippen LogP contribution < -0.4 is 0 Å². The number of hydrogen-bond acceptors (Lipinski definition) is 4. The minimum Gasteiger partial charge on any atom is -0.479 e. The summed E-state index contributed by atoms with van der Waals surface area (Å²) in [4.78, 5) is 19.7. The van der Waals surface area contributed by atoms with Gasteiger partial charge in [-0.3, -0.25) is 0 Å². The van der Waals surface area contributed by atoms with E-state index in [9.17, 15) is 9.59 Å². The standard InChI is InChI=1S/C9H10O3.C3H6O3/c10-8(9(11)12)6-7-4-2-1-3-5-7;1-2(4)3(5)6/h1-5,8,10H,6H2,(H,11,12);2,4H,1H3,(H,5,6). The van der Waals surface area contributed by atoms with Crippen molar-refractivity contribution in [3.05, 3.63) is 35.9 Å². The summed E-state index contributed by atoms with van der Waals surface area (Å²) in [5, 5.41) is 33.1. The molecule has 6 heteroatoms. The van der Waals surface area contributed by atoms with Crippen LogP contribution in [0, 0.1) is 0 Å². The molecular formula is C12H16O6. The molecule has 100 valence electrons. The summed E-state index contributed by atoms with van der Waals surface area (Å²) in [6.07, 6.45) is -2.37. The van der Waals surface area contributed by atoms with Gasteiger partial charge >= 0.3 is 11.9 Å². The van der Waals surface area contributed by atoms with E-state index in [0.717, 1.165) is 5.56 Å². The predicted molar refractivity (Wildman–Crippen MR) is 63.1 cm³/mol. The highest BCUT2D eigenvalue weighted by Gasteiger charge is 2.12. The maximum absolute atomic E-state index is 10.3. The predicted octanol–water partition coefficient (Wildman–Crippen LogP) is 0.126. The van der Waals surface area contributed by atoms with Crippen molar-refractivity contribution in [2.75, 3.05) is 0 Å². The van der Waals surface area contributed by atoms with Crippen LogP contribution in [0.15, 0.2) is 30.3 Å². The molecule has 0 aliphatic heterocycles. The van der Waals surface area contributed by atoms with Crippen molar-refractivity contribution in [2.45, 2.75) is 25.6 Å². The fraction of sp³-hybridized carbons (Fsp3) is 0.333. The summed E-state index contributed by atoms with van der Waals surface area (Å²) in [6, 6.07) is 9.03. The first-order valence-corrected chi connectivity index (χ1v) is 5.20. The summed E-state index contributed by atoms with van der Waals surface area (Å²) < 4.78 is 0. The van der Waals surface area contributed by atoms with Gasteiger partial charge in [0, 0.05) is 6.42 Å². The topological polar surface area (TPSA) is 115 Å². The molecule has 4 N–H and O–H groups in total. The zero-order valence-electron chi connectivity index (χ0n) is 9.85. The quantitative estimate of drug-likeness (QED) is 0.608. The van der Waals surface area contributed by atoms with Gasteiger partial charge in [-0.1, -0.05) is 30.3 Å². The molecule has 0 fully saturated rings. The molecule has 0 aliphatic rings. The smallest absolute Gasteiger partial charge is 0.332 e. The van der Waals surface area contributed by atoms with Crippen LogP contribution in [-0.2, 0) is 16.0 Å². The van der Waals surface area contributed by atoms with E-state index in [4.69, 9.17) is 20.4 Å². The highest BCUT2D eigenvalue weighted by Crippen LogP contribution is 2.02. The van der Waals surface area contributed by atoms with E-state index in [1.807, 2.05) is 18.2 Å². The normalized spacial score (nSPS) is 12.8. The van der Waals surface area contributed by atoms with Gasteiger partial charge in [-0.05, 0) is 12.5 Å². The highest BCUT2D eigenvalue weighted by molar-refractivity contribution is 5.72. The van der Waals surface area contributed by atoms with Gasteiger partial charge < -0.3 is 20.4 Å². The molecule has 0 bridgehead atoms. The third-order valence-corrected chi connectivity index (χ3v) is 1.91. The summed E-state index contributed by atoms with van der Waals surface area (Å²) in [6.45, 7) is 1.20. The average Bonchev–Trinajstić information content (AvgIpc) is 2.30. The van der Waals surface area contributed by atoms with Gasteiger partial charge in [0.05, 0.1) is 0 Å². The Balaban J connectivity index is 0.000000411.